The van der Waals surface area contributed by atoms with Gasteiger partial charge in [-0.1, -0.05) is 42.0 Å². The van der Waals surface area contributed by atoms with Crippen molar-refractivity contribution < 1.29 is 4.79 Å². The normalized spacial score (nSPS) is 14.4. The Kier molecular flexibility index (Phi) is 7.36. The lowest BCUT2D eigenvalue weighted by Gasteiger charge is -2.21. The van der Waals surface area contributed by atoms with Crippen LogP contribution in [0, 0.1) is 6.92 Å². The molecule has 1 saturated heterocycles. The van der Waals surface area contributed by atoms with Gasteiger partial charge in [0.15, 0.2) is 0 Å². The summed E-state index contributed by atoms with van der Waals surface area (Å²) in [6, 6.07) is 16.4. The number of benzene rings is 2. The highest BCUT2D eigenvalue weighted by atomic mass is 32.2. The van der Waals surface area contributed by atoms with Gasteiger partial charge >= 0.3 is 6.03 Å². The minimum Gasteiger partial charge on any atom is -0.337 e. The van der Waals surface area contributed by atoms with Crippen molar-refractivity contribution in [3.63, 3.8) is 0 Å². The molecule has 1 fully saturated rings. The number of thiazole rings is 1. The van der Waals surface area contributed by atoms with E-state index in [4.69, 9.17) is 4.98 Å². The molecule has 2 aromatic carbocycles. The third-order valence-electron chi connectivity index (χ3n) is 4.76. The van der Waals surface area contributed by atoms with E-state index in [1.807, 2.05) is 35.7 Å². The van der Waals surface area contributed by atoms with Crippen LogP contribution >= 0.6 is 34.9 Å². The van der Waals surface area contributed by atoms with E-state index in [1.165, 1.54) is 29.1 Å². The molecule has 0 unspecified atom stereocenters. The van der Waals surface area contributed by atoms with E-state index in [9.17, 15) is 4.79 Å². The number of urea groups is 1. The summed E-state index contributed by atoms with van der Waals surface area (Å²) in [6.07, 6.45) is 1.99. The highest BCUT2D eigenvalue weighted by molar-refractivity contribution is 8.16. The maximum Gasteiger partial charge on any atom is 0.319 e. The third-order valence-corrected chi connectivity index (χ3v) is 8.72. The van der Waals surface area contributed by atoms with E-state index >= 15 is 0 Å². The molecule has 0 aliphatic carbocycles. The van der Waals surface area contributed by atoms with E-state index < -0.39 is 0 Å². The molecule has 2 N–H and O–H groups in total. The number of nitrogens with one attached hydrogen (secondary N) is 2. The lowest BCUT2D eigenvalue weighted by molar-refractivity contribution is 0.252. The number of aryl methyl sites for hydroxylation is 1. The van der Waals surface area contributed by atoms with Gasteiger partial charge in [0.25, 0.3) is 0 Å². The zero-order valence-corrected chi connectivity index (χ0v) is 19.3. The average molecular weight is 456 g/mol. The summed E-state index contributed by atoms with van der Waals surface area (Å²) in [5.74, 6) is 2.41. The molecule has 2 amide bonds. The van der Waals surface area contributed by atoms with Crippen LogP contribution in [0.25, 0.3) is 10.6 Å². The number of thioether (sulfide) groups is 2. The highest BCUT2D eigenvalue weighted by Crippen LogP contribution is 2.44. The summed E-state index contributed by atoms with van der Waals surface area (Å²) < 4.78 is 0.468. The Morgan fingerprint density at radius 2 is 1.93 bits per heavy atom. The van der Waals surface area contributed by atoms with Crippen molar-refractivity contribution in [2.45, 2.75) is 24.3 Å². The van der Waals surface area contributed by atoms with Gasteiger partial charge in [-0.2, -0.15) is 0 Å². The summed E-state index contributed by atoms with van der Waals surface area (Å²) in [5, 5.41) is 8.98. The number of nitrogens with zero attached hydrogens (tertiary/aromatic N) is 1. The Hall–Kier alpha value is -1.96. The number of anilines is 1. The van der Waals surface area contributed by atoms with Crippen LogP contribution in [0.5, 0.6) is 0 Å². The minimum atomic E-state index is -0.176. The molecule has 7 heteroatoms. The minimum absolute atomic E-state index is 0.176. The number of rotatable bonds is 6. The quantitative estimate of drug-likeness (QED) is 0.455. The Balaban J connectivity index is 1.26. The molecule has 4 nitrogen and oxygen atoms in total. The van der Waals surface area contributed by atoms with Gasteiger partial charge in [0.2, 0.25) is 0 Å². The monoisotopic (exact) mass is 455 g/mol. The predicted octanol–water partition coefficient (Wildman–Crippen LogP) is 6.35. The van der Waals surface area contributed by atoms with Crippen molar-refractivity contribution in [3.8, 4) is 10.6 Å². The molecule has 0 bridgehead atoms. The molecule has 2 heterocycles. The van der Waals surface area contributed by atoms with Crippen molar-refractivity contribution in [1.29, 1.82) is 0 Å². The van der Waals surface area contributed by atoms with Crippen LogP contribution in [0.15, 0.2) is 53.9 Å². The molecular weight excluding hydrogens is 430 g/mol. The fourth-order valence-electron chi connectivity index (χ4n) is 3.17. The molecule has 30 heavy (non-hydrogen) atoms. The van der Waals surface area contributed by atoms with Crippen molar-refractivity contribution in [2.24, 2.45) is 0 Å². The van der Waals surface area contributed by atoms with E-state index in [2.05, 4.69) is 59.3 Å². The van der Waals surface area contributed by atoms with Crippen LogP contribution in [-0.2, 0) is 6.42 Å². The van der Waals surface area contributed by atoms with Crippen molar-refractivity contribution in [2.75, 3.05) is 23.4 Å². The van der Waals surface area contributed by atoms with Crippen LogP contribution in [0.3, 0.4) is 0 Å². The van der Waals surface area contributed by atoms with Gasteiger partial charge in [0.05, 0.1) is 10.3 Å². The first-order valence-corrected chi connectivity index (χ1v) is 13.0. The van der Waals surface area contributed by atoms with E-state index in [0.29, 0.717) is 17.5 Å². The number of hydrogen-bond acceptors (Lipinski definition) is 5. The van der Waals surface area contributed by atoms with Gasteiger partial charge in [-0.25, -0.2) is 9.78 Å². The first kappa shape index (κ1) is 21.3. The van der Waals surface area contributed by atoms with E-state index in [-0.39, 0.29) is 6.03 Å². The van der Waals surface area contributed by atoms with Gasteiger partial charge in [0.1, 0.15) is 5.01 Å². The second-order valence-electron chi connectivity index (χ2n) is 7.19. The van der Waals surface area contributed by atoms with Crippen molar-refractivity contribution in [1.82, 2.24) is 10.3 Å². The Morgan fingerprint density at radius 3 is 2.73 bits per heavy atom. The zero-order chi connectivity index (χ0) is 20.8. The summed E-state index contributed by atoms with van der Waals surface area (Å²) in [7, 11) is 0. The molecule has 1 aliphatic rings. The fourth-order valence-corrected chi connectivity index (χ4v) is 6.91. The zero-order valence-electron chi connectivity index (χ0n) is 16.9. The summed E-state index contributed by atoms with van der Waals surface area (Å²) in [4.78, 5) is 17.0. The molecule has 0 radical (unpaired) electrons. The smallest absolute Gasteiger partial charge is 0.319 e. The molecule has 4 rings (SSSR count). The molecule has 0 atom stereocenters. The molecule has 156 valence electrons. The van der Waals surface area contributed by atoms with Gasteiger partial charge in [-0.3, -0.25) is 0 Å². The highest BCUT2D eigenvalue weighted by Gasteiger charge is 2.17. The van der Waals surface area contributed by atoms with E-state index in [1.54, 1.807) is 11.3 Å². The third kappa shape index (κ3) is 5.80. The Labute approximate surface area is 190 Å². The van der Waals surface area contributed by atoms with E-state index in [0.717, 1.165) is 22.0 Å². The first-order valence-electron chi connectivity index (χ1n) is 10.1. The molecule has 0 saturated carbocycles. The van der Waals surface area contributed by atoms with Gasteiger partial charge in [-0.15, -0.1) is 34.9 Å². The maximum atomic E-state index is 12.3. The van der Waals surface area contributed by atoms with Gasteiger partial charge in [0, 0.05) is 29.6 Å². The standard InChI is InChI=1S/C23H25N3OS3/c1-16-6-8-17(9-7-16)21-25-20(15-30-21)10-11-24-23(27)26-19-5-2-4-18(14-19)22-28-12-3-13-29-22/h2,4-9,14-15,22H,3,10-13H2,1H3,(H2,24,26,27). The topological polar surface area (TPSA) is 54.0 Å². The number of amides is 2. The molecule has 3 aromatic rings. The molecular formula is C23H25N3OS3. The van der Waals surface area contributed by atoms with Crippen LogP contribution in [0.1, 0.15) is 27.8 Å². The molecule has 1 aliphatic heterocycles. The molecule has 0 spiro atoms. The van der Waals surface area contributed by atoms with Crippen molar-refractivity contribution in [3.05, 3.63) is 70.7 Å². The number of carbonyl (C=O) groups excluding carboxylic acids is 1. The first-order chi connectivity index (χ1) is 14.7. The summed E-state index contributed by atoms with van der Waals surface area (Å²) >= 11 is 5.61. The Morgan fingerprint density at radius 1 is 1.13 bits per heavy atom. The number of hydrogen-bond donors (Lipinski definition) is 2. The maximum absolute atomic E-state index is 12.3. The molecule has 1 aromatic heterocycles. The largest absolute Gasteiger partial charge is 0.337 e. The second-order valence-corrected chi connectivity index (χ2v) is 10.8. The SMILES string of the molecule is Cc1ccc(-c2nc(CCNC(=O)Nc3cccc(C4SCCCS4)c3)cs2)cc1. The van der Waals surface area contributed by atoms with Crippen LogP contribution < -0.4 is 10.6 Å². The van der Waals surface area contributed by atoms with Crippen LogP contribution in [0.4, 0.5) is 10.5 Å². The predicted molar refractivity (Wildman–Crippen MR) is 132 cm³/mol. The lowest BCUT2D eigenvalue weighted by atomic mass is 10.2. The average Bonchev–Trinajstić information content (AvgIpc) is 3.24. The van der Waals surface area contributed by atoms with Gasteiger partial charge in [-0.05, 0) is 42.5 Å². The van der Waals surface area contributed by atoms with Gasteiger partial charge < -0.3 is 10.6 Å². The Bertz CT molecular complexity index is 981. The fraction of sp³-hybridized carbons (Fsp3) is 0.304. The number of carbonyl (C=O) groups is 1. The van der Waals surface area contributed by atoms with Crippen LogP contribution in [0.2, 0.25) is 0 Å². The summed E-state index contributed by atoms with van der Waals surface area (Å²) in [5.41, 5.74) is 5.49. The lowest BCUT2D eigenvalue weighted by Crippen LogP contribution is -2.30. The van der Waals surface area contributed by atoms with Crippen molar-refractivity contribution >= 4 is 46.6 Å². The second kappa shape index (κ2) is 10.4. The summed E-state index contributed by atoms with van der Waals surface area (Å²) in [6.45, 7) is 2.63. The van der Waals surface area contributed by atoms with Crippen LogP contribution in [-0.4, -0.2) is 29.1 Å². The number of aromatic nitrogens is 1.